The van der Waals surface area contributed by atoms with Crippen LogP contribution < -0.4 is 11.5 Å². The molecule has 21 heavy (non-hydrogen) atoms. The van der Waals surface area contributed by atoms with E-state index in [1.54, 1.807) is 0 Å². The van der Waals surface area contributed by atoms with E-state index >= 15 is 0 Å². The molecule has 0 aliphatic carbocycles. The highest BCUT2D eigenvalue weighted by Gasteiger charge is 2.16. The van der Waals surface area contributed by atoms with Gasteiger partial charge in [-0.15, -0.1) is 11.8 Å². The number of halogens is 1. The molecule has 2 atom stereocenters. The lowest BCUT2D eigenvalue weighted by molar-refractivity contribution is 0.168. The van der Waals surface area contributed by atoms with Crippen LogP contribution in [0.3, 0.4) is 0 Å². The predicted molar refractivity (Wildman–Crippen MR) is 93.4 cm³/mol. The summed E-state index contributed by atoms with van der Waals surface area (Å²) in [5, 5.41) is 10.2. The van der Waals surface area contributed by atoms with E-state index < -0.39 is 6.10 Å². The Kier molecular flexibility index (Phi) is 6.11. The Morgan fingerprint density at radius 1 is 1.14 bits per heavy atom. The van der Waals surface area contributed by atoms with Crippen molar-refractivity contribution < 1.29 is 5.11 Å². The zero-order chi connectivity index (χ0) is 15.2. The first-order chi connectivity index (χ1) is 10.1. The normalized spacial score (nSPS) is 13.9. The first-order valence-electron chi connectivity index (χ1n) is 6.71. The van der Waals surface area contributed by atoms with Gasteiger partial charge in [-0.3, -0.25) is 0 Å². The summed E-state index contributed by atoms with van der Waals surface area (Å²) in [6.07, 6.45) is 0.0940. The fourth-order valence-corrected chi connectivity index (χ4v) is 3.34. The van der Waals surface area contributed by atoms with Gasteiger partial charge in [0.15, 0.2) is 0 Å². The standard InChI is InChI=1S/C16H19BrN2OS/c17-12-6-7-16(14(19)9-12)21-10-15(20)13(18)8-11-4-2-1-3-5-11/h1-7,9,13,15,20H,8,10,18-19H2. The van der Waals surface area contributed by atoms with Crippen molar-refractivity contribution in [2.75, 3.05) is 11.5 Å². The molecule has 0 fully saturated rings. The van der Waals surface area contributed by atoms with Crippen LogP contribution in [-0.2, 0) is 6.42 Å². The molecule has 0 saturated heterocycles. The van der Waals surface area contributed by atoms with Crippen LogP contribution in [0.25, 0.3) is 0 Å². The fourth-order valence-electron chi connectivity index (χ4n) is 1.97. The van der Waals surface area contributed by atoms with Crippen LogP contribution in [0, 0.1) is 0 Å². The SMILES string of the molecule is Nc1cc(Br)ccc1SCC(O)C(N)Cc1ccccc1. The van der Waals surface area contributed by atoms with Gasteiger partial charge in [0.05, 0.1) is 6.10 Å². The fraction of sp³-hybridized carbons (Fsp3) is 0.250. The van der Waals surface area contributed by atoms with E-state index in [2.05, 4.69) is 15.9 Å². The summed E-state index contributed by atoms with van der Waals surface area (Å²) < 4.78 is 0.950. The maximum atomic E-state index is 10.2. The third-order valence-electron chi connectivity index (χ3n) is 3.19. The van der Waals surface area contributed by atoms with Gasteiger partial charge in [0.1, 0.15) is 0 Å². The summed E-state index contributed by atoms with van der Waals surface area (Å²) in [6, 6.07) is 15.4. The van der Waals surface area contributed by atoms with Gasteiger partial charge >= 0.3 is 0 Å². The predicted octanol–water partition coefficient (Wildman–Crippen LogP) is 3.05. The number of hydrogen-bond acceptors (Lipinski definition) is 4. The minimum atomic E-state index is -0.571. The molecule has 0 aromatic heterocycles. The van der Waals surface area contributed by atoms with E-state index in [1.807, 2.05) is 48.5 Å². The quantitative estimate of drug-likeness (QED) is 0.542. The maximum absolute atomic E-state index is 10.2. The lowest BCUT2D eigenvalue weighted by Gasteiger charge is -2.19. The summed E-state index contributed by atoms with van der Waals surface area (Å²) in [4.78, 5) is 0.962. The molecule has 2 rings (SSSR count). The highest BCUT2D eigenvalue weighted by molar-refractivity contribution is 9.10. The van der Waals surface area contributed by atoms with Crippen molar-refractivity contribution in [2.45, 2.75) is 23.5 Å². The smallest absolute Gasteiger partial charge is 0.0788 e. The highest BCUT2D eigenvalue weighted by Crippen LogP contribution is 2.28. The Balaban J connectivity index is 1.87. The molecule has 5 heteroatoms. The second kappa shape index (κ2) is 7.84. The van der Waals surface area contributed by atoms with Gasteiger partial charge in [0.25, 0.3) is 0 Å². The van der Waals surface area contributed by atoms with Gasteiger partial charge < -0.3 is 16.6 Å². The topological polar surface area (TPSA) is 72.3 Å². The second-order valence-corrected chi connectivity index (χ2v) is 6.89. The van der Waals surface area contributed by atoms with Crippen LogP contribution in [0.4, 0.5) is 5.69 Å². The number of benzene rings is 2. The lowest BCUT2D eigenvalue weighted by Crippen LogP contribution is -2.38. The molecule has 3 nitrogen and oxygen atoms in total. The van der Waals surface area contributed by atoms with Crippen molar-refractivity contribution >= 4 is 33.4 Å². The third-order valence-corrected chi connectivity index (χ3v) is 4.87. The van der Waals surface area contributed by atoms with Gasteiger partial charge in [-0.2, -0.15) is 0 Å². The number of rotatable bonds is 6. The molecule has 2 aromatic rings. The molecule has 5 N–H and O–H groups in total. The highest BCUT2D eigenvalue weighted by atomic mass is 79.9. The molecule has 0 aliphatic rings. The number of aliphatic hydroxyl groups excluding tert-OH is 1. The van der Waals surface area contributed by atoms with Crippen LogP contribution in [0.1, 0.15) is 5.56 Å². The minimum Gasteiger partial charge on any atom is -0.398 e. The van der Waals surface area contributed by atoms with E-state index in [0.717, 1.165) is 14.9 Å². The zero-order valence-corrected chi connectivity index (χ0v) is 14.0. The van der Waals surface area contributed by atoms with Crippen molar-refractivity contribution in [3.63, 3.8) is 0 Å². The number of nitrogen functional groups attached to an aromatic ring is 1. The minimum absolute atomic E-state index is 0.281. The van der Waals surface area contributed by atoms with Gasteiger partial charge in [-0.05, 0) is 30.2 Å². The number of hydrogen-bond donors (Lipinski definition) is 3. The molecule has 0 radical (unpaired) electrons. The summed E-state index contributed by atoms with van der Waals surface area (Å²) in [6.45, 7) is 0. The van der Waals surface area contributed by atoms with E-state index in [-0.39, 0.29) is 6.04 Å². The average molecular weight is 367 g/mol. The molecule has 0 aliphatic heterocycles. The Morgan fingerprint density at radius 3 is 2.52 bits per heavy atom. The molecule has 2 unspecified atom stereocenters. The molecule has 0 amide bonds. The van der Waals surface area contributed by atoms with Gasteiger partial charge in [0.2, 0.25) is 0 Å². The van der Waals surface area contributed by atoms with Crippen LogP contribution in [-0.4, -0.2) is 23.0 Å². The first kappa shape index (κ1) is 16.4. The van der Waals surface area contributed by atoms with Crippen LogP contribution in [0.5, 0.6) is 0 Å². The summed E-state index contributed by atoms with van der Waals surface area (Å²) in [5.41, 5.74) is 13.9. The zero-order valence-electron chi connectivity index (χ0n) is 11.6. The van der Waals surface area contributed by atoms with Crippen molar-refractivity contribution in [3.8, 4) is 0 Å². The molecule has 0 spiro atoms. The van der Waals surface area contributed by atoms with Crippen LogP contribution in [0.2, 0.25) is 0 Å². The number of aliphatic hydroxyl groups is 1. The molecule has 0 saturated carbocycles. The molecular formula is C16H19BrN2OS. The molecule has 2 aromatic carbocycles. The molecule has 112 valence electrons. The van der Waals surface area contributed by atoms with Gasteiger partial charge in [-0.1, -0.05) is 46.3 Å². The van der Waals surface area contributed by atoms with Crippen molar-refractivity contribution in [3.05, 3.63) is 58.6 Å². The molecule has 0 heterocycles. The lowest BCUT2D eigenvalue weighted by atomic mass is 10.0. The third kappa shape index (κ3) is 5.04. The maximum Gasteiger partial charge on any atom is 0.0788 e. The average Bonchev–Trinajstić information content (AvgIpc) is 2.47. The van der Waals surface area contributed by atoms with E-state index in [1.165, 1.54) is 11.8 Å². The van der Waals surface area contributed by atoms with Crippen molar-refractivity contribution in [1.29, 1.82) is 0 Å². The number of thioether (sulfide) groups is 1. The Morgan fingerprint density at radius 2 is 1.86 bits per heavy atom. The summed E-state index contributed by atoms with van der Waals surface area (Å²) >= 11 is 4.90. The Hall–Kier alpha value is -1.01. The number of anilines is 1. The Bertz CT molecular complexity index is 580. The summed E-state index contributed by atoms with van der Waals surface area (Å²) in [5.74, 6) is 0.528. The van der Waals surface area contributed by atoms with E-state index in [9.17, 15) is 5.11 Å². The molecular weight excluding hydrogens is 348 g/mol. The first-order valence-corrected chi connectivity index (χ1v) is 8.49. The van der Waals surface area contributed by atoms with Crippen molar-refractivity contribution in [1.82, 2.24) is 0 Å². The Labute approximate surface area is 137 Å². The second-order valence-electron chi connectivity index (χ2n) is 4.91. The van der Waals surface area contributed by atoms with Crippen LogP contribution in [0.15, 0.2) is 57.9 Å². The molecule has 0 bridgehead atoms. The van der Waals surface area contributed by atoms with Crippen LogP contribution >= 0.6 is 27.7 Å². The van der Waals surface area contributed by atoms with Gasteiger partial charge in [0, 0.05) is 26.9 Å². The van der Waals surface area contributed by atoms with E-state index in [0.29, 0.717) is 17.9 Å². The largest absolute Gasteiger partial charge is 0.398 e. The summed E-state index contributed by atoms with van der Waals surface area (Å²) in [7, 11) is 0. The monoisotopic (exact) mass is 366 g/mol. The number of nitrogens with two attached hydrogens (primary N) is 2. The van der Waals surface area contributed by atoms with Crippen molar-refractivity contribution in [2.24, 2.45) is 5.73 Å². The van der Waals surface area contributed by atoms with E-state index in [4.69, 9.17) is 11.5 Å². The van der Waals surface area contributed by atoms with Gasteiger partial charge in [-0.25, -0.2) is 0 Å².